The normalized spacial score (nSPS) is 19.8. The molecule has 0 saturated carbocycles. The van der Waals surface area contributed by atoms with Crippen LogP contribution in [0.1, 0.15) is 52.9 Å². The van der Waals surface area contributed by atoms with E-state index in [0.29, 0.717) is 17.5 Å². The fourth-order valence-corrected chi connectivity index (χ4v) is 4.04. The summed E-state index contributed by atoms with van der Waals surface area (Å²) in [5, 5.41) is 0.839. The number of aromatic nitrogens is 1. The van der Waals surface area contributed by atoms with E-state index in [9.17, 15) is 9.18 Å². The van der Waals surface area contributed by atoms with Crippen LogP contribution in [-0.4, -0.2) is 16.9 Å². The number of benzene rings is 1. The standard InChI is InChI=1S/C18H20FN3O.ClH/c19-13-8-12(18(21)23)17-16(11-5-2-6-14(11)22-17)15(13)9-3-1-4-10(20)7-9;/h3,8,10,22H,1-2,4-7,20H2,(H2,21,23);1H. The highest BCUT2D eigenvalue weighted by Crippen LogP contribution is 2.40. The van der Waals surface area contributed by atoms with Gasteiger partial charge in [0.15, 0.2) is 0 Å². The number of rotatable bonds is 2. The molecule has 1 atom stereocenters. The first-order valence-corrected chi connectivity index (χ1v) is 8.17. The number of fused-ring (bicyclic) bond motifs is 3. The molecule has 0 saturated heterocycles. The lowest BCUT2D eigenvalue weighted by atomic mass is 9.87. The summed E-state index contributed by atoms with van der Waals surface area (Å²) in [6.45, 7) is 0. The molecule has 1 heterocycles. The maximum Gasteiger partial charge on any atom is 0.250 e. The van der Waals surface area contributed by atoms with Gasteiger partial charge in [-0.3, -0.25) is 4.79 Å². The summed E-state index contributed by atoms with van der Waals surface area (Å²) in [7, 11) is 0. The van der Waals surface area contributed by atoms with Crippen molar-refractivity contribution in [2.45, 2.75) is 44.6 Å². The van der Waals surface area contributed by atoms with Crippen molar-refractivity contribution in [1.82, 2.24) is 4.98 Å². The Labute approximate surface area is 145 Å². The zero-order valence-electron chi connectivity index (χ0n) is 13.3. The number of carbonyl (C=O) groups excluding carboxylic acids is 1. The molecule has 5 N–H and O–H groups in total. The number of amides is 1. The molecule has 24 heavy (non-hydrogen) atoms. The molecule has 0 fully saturated rings. The lowest BCUT2D eigenvalue weighted by Crippen LogP contribution is -2.22. The number of hydrogen-bond acceptors (Lipinski definition) is 2. The predicted molar refractivity (Wildman–Crippen MR) is 95.9 cm³/mol. The first-order chi connectivity index (χ1) is 11.1. The molecule has 6 heteroatoms. The SMILES string of the molecule is Cl.NC(=O)c1cc(F)c(C2=CCCC(N)C2)c2c3c([nH]c12)CCC3. The molecular formula is C18H21ClFN3O. The van der Waals surface area contributed by atoms with Gasteiger partial charge in [-0.1, -0.05) is 6.08 Å². The number of allylic oxidation sites excluding steroid dienone is 1. The van der Waals surface area contributed by atoms with Crippen LogP contribution in [0.5, 0.6) is 0 Å². The summed E-state index contributed by atoms with van der Waals surface area (Å²) >= 11 is 0. The number of primary amides is 1. The van der Waals surface area contributed by atoms with Gasteiger partial charge < -0.3 is 16.5 Å². The molecule has 2 aliphatic carbocycles. The number of H-pyrrole nitrogens is 1. The number of aryl methyl sites for hydroxylation is 2. The van der Waals surface area contributed by atoms with Gasteiger partial charge in [0.05, 0.1) is 11.1 Å². The molecule has 1 aromatic heterocycles. The molecule has 1 unspecified atom stereocenters. The van der Waals surface area contributed by atoms with Crippen LogP contribution in [0.25, 0.3) is 16.5 Å². The molecule has 2 aliphatic rings. The van der Waals surface area contributed by atoms with Crippen LogP contribution >= 0.6 is 12.4 Å². The number of aromatic amines is 1. The van der Waals surface area contributed by atoms with E-state index in [2.05, 4.69) is 11.1 Å². The molecule has 1 amide bonds. The lowest BCUT2D eigenvalue weighted by molar-refractivity contribution is 0.100. The first-order valence-electron chi connectivity index (χ1n) is 8.17. The van der Waals surface area contributed by atoms with Crippen LogP contribution in [0, 0.1) is 5.82 Å². The summed E-state index contributed by atoms with van der Waals surface area (Å²) in [5.74, 6) is -0.977. The van der Waals surface area contributed by atoms with Gasteiger partial charge in [0, 0.05) is 22.7 Å². The van der Waals surface area contributed by atoms with Crippen molar-refractivity contribution >= 4 is 34.8 Å². The largest absolute Gasteiger partial charge is 0.366 e. The van der Waals surface area contributed by atoms with E-state index < -0.39 is 5.91 Å². The highest BCUT2D eigenvalue weighted by molar-refractivity contribution is 6.09. The van der Waals surface area contributed by atoms with Gasteiger partial charge in [0.25, 0.3) is 5.91 Å². The van der Waals surface area contributed by atoms with E-state index in [1.165, 1.54) is 6.07 Å². The third kappa shape index (κ3) is 2.52. The summed E-state index contributed by atoms with van der Waals surface area (Å²) in [5.41, 5.74) is 16.3. The molecule has 0 radical (unpaired) electrons. The van der Waals surface area contributed by atoms with Gasteiger partial charge in [-0.15, -0.1) is 12.4 Å². The van der Waals surface area contributed by atoms with Crippen molar-refractivity contribution in [1.29, 1.82) is 0 Å². The fourth-order valence-electron chi connectivity index (χ4n) is 4.04. The Balaban J connectivity index is 0.00000169. The van der Waals surface area contributed by atoms with E-state index in [1.807, 2.05) is 0 Å². The average molecular weight is 350 g/mol. The second-order valence-electron chi connectivity index (χ2n) is 6.60. The molecule has 0 aliphatic heterocycles. The van der Waals surface area contributed by atoms with Crippen molar-refractivity contribution in [3.63, 3.8) is 0 Å². The maximum absolute atomic E-state index is 14.9. The number of halogens is 2. The smallest absolute Gasteiger partial charge is 0.250 e. The third-order valence-corrected chi connectivity index (χ3v) is 5.07. The Morgan fingerprint density at radius 3 is 2.83 bits per heavy atom. The Morgan fingerprint density at radius 1 is 1.33 bits per heavy atom. The topological polar surface area (TPSA) is 84.9 Å². The summed E-state index contributed by atoms with van der Waals surface area (Å²) in [6.07, 6.45) is 7.44. The van der Waals surface area contributed by atoms with Gasteiger partial charge in [-0.25, -0.2) is 4.39 Å². The van der Waals surface area contributed by atoms with Gasteiger partial charge in [0.1, 0.15) is 5.82 Å². The number of carbonyl (C=O) groups is 1. The number of hydrogen-bond donors (Lipinski definition) is 3. The average Bonchev–Trinajstić information content (AvgIpc) is 3.07. The second kappa shape index (κ2) is 6.22. The van der Waals surface area contributed by atoms with Crippen LogP contribution in [0.15, 0.2) is 12.1 Å². The van der Waals surface area contributed by atoms with E-state index in [0.717, 1.165) is 54.3 Å². The Bertz CT molecular complexity index is 856. The number of nitrogens with two attached hydrogens (primary N) is 2. The van der Waals surface area contributed by atoms with Crippen LogP contribution < -0.4 is 11.5 Å². The van der Waals surface area contributed by atoms with E-state index >= 15 is 0 Å². The third-order valence-electron chi connectivity index (χ3n) is 5.07. The van der Waals surface area contributed by atoms with Crippen LogP contribution in [-0.2, 0) is 12.8 Å². The van der Waals surface area contributed by atoms with Crippen molar-refractivity contribution in [2.75, 3.05) is 0 Å². The minimum Gasteiger partial charge on any atom is -0.366 e. The molecule has 4 rings (SSSR count). The van der Waals surface area contributed by atoms with Gasteiger partial charge in [0.2, 0.25) is 0 Å². The Morgan fingerprint density at radius 2 is 2.12 bits per heavy atom. The van der Waals surface area contributed by atoms with Gasteiger partial charge >= 0.3 is 0 Å². The minimum atomic E-state index is -0.602. The predicted octanol–water partition coefficient (Wildman–Crippen LogP) is 3.21. The minimum absolute atomic E-state index is 0. The fraction of sp³-hybridized carbons (Fsp3) is 0.389. The Kier molecular flexibility index (Phi) is 4.40. The van der Waals surface area contributed by atoms with Crippen molar-refractivity contribution in [3.05, 3.63) is 40.3 Å². The summed E-state index contributed by atoms with van der Waals surface area (Å²) in [6, 6.07) is 1.33. The first kappa shape index (κ1) is 17.0. The highest BCUT2D eigenvalue weighted by Gasteiger charge is 2.27. The summed E-state index contributed by atoms with van der Waals surface area (Å²) < 4.78 is 14.9. The molecule has 0 bridgehead atoms. The molecule has 4 nitrogen and oxygen atoms in total. The number of nitrogens with one attached hydrogen (secondary N) is 1. The molecule has 1 aromatic carbocycles. The maximum atomic E-state index is 14.9. The van der Waals surface area contributed by atoms with E-state index in [4.69, 9.17) is 11.5 Å². The van der Waals surface area contributed by atoms with Crippen molar-refractivity contribution in [2.24, 2.45) is 11.5 Å². The highest BCUT2D eigenvalue weighted by atomic mass is 35.5. The molecule has 0 spiro atoms. The molecule has 2 aromatic rings. The lowest BCUT2D eigenvalue weighted by Gasteiger charge is -2.21. The van der Waals surface area contributed by atoms with Crippen LogP contribution in [0.4, 0.5) is 4.39 Å². The van der Waals surface area contributed by atoms with Crippen LogP contribution in [0.3, 0.4) is 0 Å². The van der Waals surface area contributed by atoms with Gasteiger partial charge in [-0.05, 0) is 55.7 Å². The molecular weight excluding hydrogens is 329 g/mol. The quantitative estimate of drug-likeness (QED) is 0.777. The zero-order chi connectivity index (χ0) is 16.1. The molecule has 128 valence electrons. The van der Waals surface area contributed by atoms with E-state index in [1.54, 1.807) is 0 Å². The van der Waals surface area contributed by atoms with Crippen molar-refractivity contribution in [3.8, 4) is 0 Å². The Hall–Kier alpha value is -1.85. The second-order valence-corrected chi connectivity index (χ2v) is 6.60. The zero-order valence-corrected chi connectivity index (χ0v) is 14.1. The summed E-state index contributed by atoms with van der Waals surface area (Å²) in [4.78, 5) is 15.1. The monoisotopic (exact) mass is 349 g/mol. The van der Waals surface area contributed by atoms with Gasteiger partial charge in [-0.2, -0.15) is 0 Å². The van der Waals surface area contributed by atoms with E-state index in [-0.39, 0.29) is 29.8 Å². The van der Waals surface area contributed by atoms with Crippen molar-refractivity contribution < 1.29 is 9.18 Å². The van der Waals surface area contributed by atoms with Crippen LogP contribution in [0.2, 0.25) is 0 Å².